The maximum Gasteiger partial charge on any atom is 0.416 e. The largest absolute Gasteiger partial charge is 0.416 e. The Morgan fingerprint density at radius 1 is 1.21 bits per heavy atom. The van der Waals surface area contributed by atoms with Gasteiger partial charge < -0.3 is 9.74 Å². The number of rotatable bonds is 6. The van der Waals surface area contributed by atoms with Gasteiger partial charge in [-0.15, -0.1) is 0 Å². The Balaban J connectivity index is 1.68. The van der Waals surface area contributed by atoms with Gasteiger partial charge in [-0.05, 0) is 29.8 Å². The molecule has 0 saturated carbocycles. The Morgan fingerprint density at radius 2 is 1.93 bits per heavy atom. The molecule has 1 aromatic heterocycles. The summed E-state index contributed by atoms with van der Waals surface area (Å²) in [5, 5.41) is 4.08. The number of halogens is 3. The predicted molar refractivity (Wildman–Crippen MR) is 102 cm³/mol. The molecule has 1 aliphatic rings. The molecular weight excluding hydrogens is 383 g/mol. The molecule has 0 bridgehead atoms. The van der Waals surface area contributed by atoms with Gasteiger partial charge >= 0.3 is 6.18 Å². The first-order valence-electron chi connectivity index (χ1n) is 9.33. The summed E-state index contributed by atoms with van der Waals surface area (Å²) in [5.74, 6) is -0.346. The molecule has 29 heavy (non-hydrogen) atoms. The van der Waals surface area contributed by atoms with Crippen molar-refractivity contribution in [2.45, 2.75) is 39.1 Å². The smallest absolute Gasteiger partial charge is 0.390 e. The monoisotopic (exact) mass is 405 g/mol. The van der Waals surface area contributed by atoms with Gasteiger partial charge in [0.2, 0.25) is 5.91 Å². The van der Waals surface area contributed by atoms with E-state index in [2.05, 4.69) is 10.1 Å². The minimum absolute atomic E-state index is 0.0974. The van der Waals surface area contributed by atoms with Crippen LogP contribution < -0.4 is 0 Å². The maximum absolute atomic E-state index is 12.8. The van der Waals surface area contributed by atoms with E-state index in [0.29, 0.717) is 17.7 Å². The van der Waals surface area contributed by atoms with Crippen LogP contribution in [-0.4, -0.2) is 34.2 Å². The summed E-state index contributed by atoms with van der Waals surface area (Å²) in [6, 6.07) is 10.4. The molecule has 1 aliphatic heterocycles. The summed E-state index contributed by atoms with van der Waals surface area (Å²) in [6.07, 6.45) is -2.54. The molecule has 1 aromatic carbocycles. The molecule has 1 atom stereocenters. The molecule has 8 heteroatoms. The van der Waals surface area contributed by atoms with Crippen LogP contribution in [0.4, 0.5) is 13.2 Å². The van der Waals surface area contributed by atoms with Gasteiger partial charge in [0.25, 0.3) is 0 Å². The third kappa shape index (κ3) is 5.34. The summed E-state index contributed by atoms with van der Waals surface area (Å²) in [6.45, 7) is 4.06. The molecule has 0 radical (unpaired) electrons. The van der Waals surface area contributed by atoms with E-state index in [1.807, 2.05) is 18.2 Å². The molecule has 2 aromatic rings. The number of alkyl halides is 3. The van der Waals surface area contributed by atoms with Gasteiger partial charge in [0.1, 0.15) is 5.71 Å². The summed E-state index contributed by atoms with van der Waals surface area (Å²) in [5.41, 5.74) is 1.34. The lowest BCUT2D eigenvalue weighted by Gasteiger charge is -2.26. The number of aromatic nitrogens is 1. The number of carbonyl (C=O) groups excluding carboxylic acids is 1. The second-order valence-electron chi connectivity index (χ2n) is 7.25. The Hall–Kier alpha value is -2.90. The number of oxime groups is 1. The second-order valence-corrected chi connectivity index (χ2v) is 7.25. The number of benzene rings is 1. The van der Waals surface area contributed by atoms with E-state index in [1.54, 1.807) is 24.9 Å². The molecule has 0 saturated heterocycles. The van der Waals surface area contributed by atoms with Crippen LogP contribution in [0.1, 0.15) is 37.1 Å². The third-order valence-corrected chi connectivity index (χ3v) is 4.58. The van der Waals surface area contributed by atoms with E-state index in [4.69, 9.17) is 4.84 Å². The van der Waals surface area contributed by atoms with Crippen LogP contribution in [0.3, 0.4) is 0 Å². The van der Waals surface area contributed by atoms with Crippen molar-refractivity contribution in [3.8, 4) is 0 Å². The number of amides is 1. The van der Waals surface area contributed by atoms with Crippen molar-refractivity contribution in [3.05, 3.63) is 65.5 Å². The molecule has 5 nitrogen and oxygen atoms in total. The second kappa shape index (κ2) is 8.63. The van der Waals surface area contributed by atoms with E-state index in [0.717, 1.165) is 17.8 Å². The lowest BCUT2D eigenvalue weighted by molar-refractivity contribution is -0.138. The average Bonchev–Trinajstić information content (AvgIpc) is 3.16. The van der Waals surface area contributed by atoms with Crippen molar-refractivity contribution in [1.29, 1.82) is 0 Å². The lowest BCUT2D eigenvalue weighted by atomic mass is 10.1. The summed E-state index contributed by atoms with van der Waals surface area (Å²) < 4.78 is 38.3. The Morgan fingerprint density at radius 3 is 2.52 bits per heavy atom. The highest BCUT2D eigenvalue weighted by Crippen LogP contribution is 2.29. The number of carbonyl (C=O) groups is 1. The van der Waals surface area contributed by atoms with Crippen molar-refractivity contribution >= 4 is 11.6 Å². The fourth-order valence-corrected chi connectivity index (χ4v) is 3.07. The number of pyridine rings is 1. The zero-order valence-corrected chi connectivity index (χ0v) is 16.2. The van der Waals surface area contributed by atoms with E-state index >= 15 is 0 Å². The van der Waals surface area contributed by atoms with E-state index in [1.165, 1.54) is 12.1 Å². The minimum atomic E-state index is -4.39. The Bertz CT molecular complexity index is 865. The molecule has 0 aliphatic carbocycles. The highest BCUT2D eigenvalue weighted by atomic mass is 19.4. The highest BCUT2D eigenvalue weighted by molar-refractivity contribution is 5.99. The van der Waals surface area contributed by atoms with Crippen LogP contribution >= 0.6 is 0 Å². The van der Waals surface area contributed by atoms with Gasteiger partial charge in [-0.25, -0.2) is 0 Å². The van der Waals surface area contributed by atoms with Crippen LogP contribution in [0.2, 0.25) is 0 Å². The van der Waals surface area contributed by atoms with Gasteiger partial charge in [0.15, 0.2) is 6.10 Å². The fraction of sp³-hybridized carbons (Fsp3) is 0.381. The average molecular weight is 405 g/mol. The fourth-order valence-electron chi connectivity index (χ4n) is 3.07. The molecule has 0 unspecified atom stereocenters. The van der Waals surface area contributed by atoms with Crippen molar-refractivity contribution < 1.29 is 22.8 Å². The Kier molecular flexibility index (Phi) is 6.20. The molecule has 3 rings (SSSR count). The topological polar surface area (TPSA) is 54.8 Å². The van der Waals surface area contributed by atoms with E-state index in [-0.39, 0.29) is 31.0 Å². The number of hydrogen-bond donors (Lipinski definition) is 0. The van der Waals surface area contributed by atoms with E-state index < -0.39 is 11.7 Å². The van der Waals surface area contributed by atoms with E-state index in [9.17, 15) is 18.0 Å². The van der Waals surface area contributed by atoms with Crippen LogP contribution in [-0.2, 0) is 22.4 Å². The molecule has 0 fully saturated rings. The number of hydrogen-bond acceptors (Lipinski definition) is 4. The third-order valence-electron chi connectivity index (χ3n) is 4.58. The Labute approximate surface area is 167 Å². The van der Waals surface area contributed by atoms with Crippen molar-refractivity contribution in [3.63, 3.8) is 0 Å². The molecule has 1 amide bonds. The molecule has 2 heterocycles. The first-order chi connectivity index (χ1) is 13.7. The summed E-state index contributed by atoms with van der Waals surface area (Å²) in [4.78, 5) is 24.0. The van der Waals surface area contributed by atoms with Crippen LogP contribution in [0.5, 0.6) is 0 Å². The number of nitrogens with zero attached hydrogens (tertiary/aromatic N) is 3. The van der Waals surface area contributed by atoms with Crippen molar-refractivity contribution in [2.24, 2.45) is 11.1 Å². The first-order valence-corrected chi connectivity index (χ1v) is 9.33. The minimum Gasteiger partial charge on any atom is -0.390 e. The molecule has 154 valence electrons. The normalized spacial score (nSPS) is 16.5. The lowest BCUT2D eigenvalue weighted by Crippen LogP contribution is -2.39. The van der Waals surface area contributed by atoms with Crippen LogP contribution in [0, 0.1) is 5.92 Å². The van der Waals surface area contributed by atoms with Gasteiger partial charge in [0, 0.05) is 25.1 Å². The van der Waals surface area contributed by atoms with Gasteiger partial charge in [-0.3, -0.25) is 9.78 Å². The zero-order valence-electron chi connectivity index (χ0n) is 16.2. The van der Waals surface area contributed by atoms with Gasteiger partial charge in [-0.1, -0.05) is 37.2 Å². The molecule has 0 N–H and O–H groups in total. The van der Waals surface area contributed by atoms with Crippen molar-refractivity contribution in [1.82, 2.24) is 9.88 Å². The van der Waals surface area contributed by atoms with Gasteiger partial charge in [0.05, 0.1) is 17.8 Å². The summed E-state index contributed by atoms with van der Waals surface area (Å²) >= 11 is 0. The maximum atomic E-state index is 12.8. The SMILES string of the molecule is CC(C)C(=O)N(Cc1ccc(C(F)(F)F)cc1)C[C@H]1CC(c2ccccn2)=NO1. The zero-order chi connectivity index (χ0) is 21.0. The molecule has 0 spiro atoms. The standard InChI is InChI=1S/C21H22F3N3O2/c1-14(2)20(28)27(12-15-6-8-16(9-7-15)21(22,23)24)13-17-11-19(26-29-17)18-5-3-4-10-25-18/h3-10,14,17H,11-13H2,1-2H3/t17-/m1/s1. The first kappa shape index (κ1) is 20.8. The predicted octanol–water partition coefficient (Wildman–Crippen LogP) is 4.28. The van der Waals surface area contributed by atoms with Crippen LogP contribution in [0.15, 0.2) is 53.8 Å². The summed E-state index contributed by atoms with van der Waals surface area (Å²) in [7, 11) is 0. The van der Waals surface area contributed by atoms with Crippen molar-refractivity contribution in [2.75, 3.05) is 6.54 Å². The van der Waals surface area contributed by atoms with Crippen LogP contribution in [0.25, 0.3) is 0 Å². The van der Waals surface area contributed by atoms with Gasteiger partial charge in [-0.2, -0.15) is 13.2 Å². The molecular formula is C21H22F3N3O2. The highest BCUT2D eigenvalue weighted by Gasteiger charge is 2.31. The quantitative estimate of drug-likeness (QED) is 0.721.